The van der Waals surface area contributed by atoms with E-state index in [0.29, 0.717) is 54.2 Å². The van der Waals surface area contributed by atoms with Crippen LogP contribution in [0.2, 0.25) is 0 Å². The van der Waals surface area contributed by atoms with E-state index in [1.165, 1.54) is 18.2 Å². The van der Waals surface area contributed by atoms with Crippen LogP contribution in [0.5, 0.6) is 0 Å². The van der Waals surface area contributed by atoms with E-state index in [1.54, 1.807) is 49.4 Å². The number of halogens is 5. The third-order valence-electron chi connectivity index (χ3n) is 7.85. The summed E-state index contributed by atoms with van der Waals surface area (Å²) < 4.78 is 67.4. The standard InChI is InChI=1S/C34H17F5O2/c1-16-10-17(4-8-30(16)35)18-2-6-21-23-14-28-24(15-27(23)32(40)25(21)11-18)22-7-3-19(12-26(22)33(28)41)20-5-9-31(36)29(13-20)34(37,38)39/h2-15H,1H3. The van der Waals surface area contributed by atoms with Crippen LogP contribution in [0, 0.1) is 18.6 Å². The van der Waals surface area contributed by atoms with E-state index in [2.05, 4.69) is 0 Å². The first-order valence-corrected chi connectivity index (χ1v) is 12.7. The van der Waals surface area contributed by atoms with Crippen LogP contribution in [0.25, 0.3) is 65.3 Å². The maximum atomic E-state index is 13.8. The SMILES string of the molecule is Cc1cc(-c2ccc3c(c2)c(=O)c2cc4c(cc23)c(=O)c2cc(-c3ccc(F)c(C(F)(F)F)c3)ccc24)ccc1F. The lowest BCUT2D eigenvalue weighted by atomic mass is 10.00. The highest BCUT2D eigenvalue weighted by atomic mass is 19.4. The Labute approximate surface area is 228 Å². The summed E-state index contributed by atoms with van der Waals surface area (Å²) in [5.74, 6) is -1.68. The van der Waals surface area contributed by atoms with Crippen LogP contribution in [-0.4, -0.2) is 0 Å². The molecule has 0 aliphatic carbocycles. The predicted octanol–water partition coefficient (Wildman–Crippen LogP) is 8.83. The number of benzene rings is 5. The van der Waals surface area contributed by atoms with E-state index in [-0.39, 0.29) is 22.2 Å². The van der Waals surface area contributed by atoms with Crippen molar-refractivity contribution in [3.8, 4) is 22.3 Å². The maximum absolute atomic E-state index is 13.8. The van der Waals surface area contributed by atoms with Gasteiger partial charge >= 0.3 is 6.18 Å². The maximum Gasteiger partial charge on any atom is 0.419 e. The molecule has 2 nitrogen and oxygen atoms in total. The Kier molecular flexibility index (Phi) is 5.23. The van der Waals surface area contributed by atoms with Gasteiger partial charge in [0.25, 0.3) is 0 Å². The van der Waals surface area contributed by atoms with Crippen LogP contribution in [-0.2, 0) is 6.18 Å². The van der Waals surface area contributed by atoms with Gasteiger partial charge in [-0.15, -0.1) is 0 Å². The van der Waals surface area contributed by atoms with Crippen LogP contribution < -0.4 is 10.9 Å². The third-order valence-corrected chi connectivity index (χ3v) is 7.85. The Morgan fingerprint density at radius 3 is 1.37 bits per heavy atom. The lowest BCUT2D eigenvalue weighted by molar-refractivity contribution is -0.139. The topological polar surface area (TPSA) is 34.1 Å². The van der Waals surface area contributed by atoms with Crippen molar-refractivity contribution in [1.82, 2.24) is 0 Å². The lowest BCUT2D eigenvalue weighted by Crippen LogP contribution is -2.08. The van der Waals surface area contributed by atoms with E-state index in [0.717, 1.165) is 23.3 Å². The van der Waals surface area contributed by atoms with E-state index in [9.17, 15) is 31.5 Å². The Bertz CT molecular complexity index is 2320. The number of rotatable bonds is 2. The second kappa shape index (κ2) is 8.54. The van der Waals surface area contributed by atoms with Crippen molar-refractivity contribution < 1.29 is 22.0 Å². The molecule has 7 aromatic carbocycles. The zero-order valence-corrected chi connectivity index (χ0v) is 21.3. The molecule has 0 bridgehead atoms. The van der Waals surface area contributed by atoms with Gasteiger partial charge in [0.2, 0.25) is 0 Å². The Hall–Kier alpha value is -4.91. The van der Waals surface area contributed by atoms with Crippen LogP contribution in [0.15, 0.2) is 94.5 Å². The molecular formula is C34H17F5O2. The summed E-state index contributed by atoms with van der Waals surface area (Å²) in [6.07, 6.45) is -4.86. The second-order valence-electron chi connectivity index (χ2n) is 10.3. The number of hydrogen-bond acceptors (Lipinski definition) is 2. The number of alkyl halides is 3. The monoisotopic (exact) mass is 552 g/mol. The molecule has 7 aromatic rings. The zero-order valence-electron chi connectivity index (χ0n) is 21.3. The van der Waals surface area contributed by atoms with Gasteiger partial charge in [0.15, 0.2) is 10.9 Å². The van der Waals surface area contributed by atoms with Gasteiger partial charge in [-0.25, -0.2) is 8.78 Å². The predicted molar refractivity (Wildman–Crippen MR) is 152 cm³/mol. The van der Waals surface area contributed by atoms with Crippen molar-refractivity contribution in [3.05, 3.63) is 128 Å². The molecule has 41 heavy (non-hydrogen) atoms. The summed E-state index contributed by atoms with van der Waals surface area (Å²) in [7, 11) is 0. The van der Waals surface area contributed by atoms with Crippen molar-refractivity contribution in [2.24, 2.45) is 0 Å². The van der Waals surface area contributed by atoms with Crippen molar-refractivity contribution in [3.63, 3.8) is 0 Å². The van der Waals surface area contributed by atoms with Gasteiger partial charge in [-0.05, 0) is 105 Å². The molecular weight excluding hydrogens is 535 g/mol. The summed E-state index contributed by atoms with van der Waals surface area (Å²) in [5, 5.41) is 4.08. The number of aryl methyl sites for hydroxylation is 1. The molecule has 0 N–H and O–H groups in total. The van der Waals surface area contributed by atoms with E-state index >= 15 is 0 Å². The summed E-state index contributed by atoms with van der Waals surface area (Å²) in [4.78, 5) is 27.0. The molecule has 7 rings (SSSR count). The third kappa shape index (κ3) is 3.76. The minimum absolute atomic E-state index is 0.129. The summed E-state index contributed by atoms with van der Waals surface area (Å²) >= 11 is 0. The van der Waals surface area contributed by atoms with Crippen LogP contribution in [0.4, 0.5) is 22.0 Å². The van der Waals surface area contributed by atoms with Gasteiger partial charge in [0, 0.05) is 21.5 Å². The lowest BCUT2D eigenvalue weighted by Gasteiger charge is -2.10. The molecule has 0 heterocycles. The molecule has 7 heteroatoms. The average Bonchev–Trinajstić information content (AvgIpc) is 3.38. The smallest absolute Gasteiger partial charge is 0.289 e. The van der Waals surface area contributed by atoms with E-state index < -0.39 is 17.6 Å². The van der Waals surface area contributed by atoms with Gasteiger partial charge in [-0.1, -0.05) is 36.4 Å². The van der Waals surface area contributed by atoms with Gasteiger partial charge in [-0.3, -0.25) is 9.59 Å². The molecule has 0 atom stereocenters. The van der Waals surface area contributed by atoms with E-state index in [4.69, 9.17) is 0 Å². The highest BCUT2D eigenvalue weighted by Gasteiger charge is 2.34. The molecule has 0 saturated heterocycles. The number of fused-ring (bicyclic) bond motifs is 6. The van der Waals surface area contributed by atoms with Gasteiger partial charge in [-0.2, -0.15) is 13.2 Å². The molecule has 0 aromatic heterocycles. The fourth-order valence-electron chi connectivity index (χ4n) is 5.75. The Morgan fingerprint density at radius 1 is 0.463 bits per heavy atom. The van der Waals surface area contributed by atoms with Gasteiger partial charge in [0.05, 0.1) is 5.56 Å². The summed E-state index contributed by atoms with van der Waals surface area (Å²) in [6, 6.07) is 21.0. The first-order valence-electron chi connectivity index (χ1n) is 12.7. The summed E-state index contributed by atoms with van der Waals surface area (Å²) in [5.41, 5.74) is 0.632. The molecule has 0 amide bonds. The van der Waals surface area contributed by atoms with Crippen LogP contribution in [0.1, 0.15) is 11.1 Å². The van der Waals surface area contributed by atoms with Crippen molar-refractivity contribution in [2.45, 2.75) is 13.1 Å². The van der Waals surface area contributed by atoms with Crippen LogP contribution in [0.3, 0.4) is 0 Å². The fourth-order valence-corrected chi connectivity index (χ4v) is 5.75. The highest BCUT2D eigenvalue weighted by Crippen LogP contribution is 2.37. The number of hydrogen-bond donors (Lipinski definition) is 0. The minimum atomic E-state index is -4.86. The molecule has 0 aliphatic heterocycles. The molecule has 0 radical (unpaired) electrons. The van der Waals surface area contributed by atoms with Crippen molar-refractivity contribution in [1.29, 1.82) is 0 Å². The Balaban J connectivity index is 1.41. The van der Waals surface area contributed by atoms with Crippen LogP contribution >= 0.6 is 0 Å². The molecule has 200 valence electrons. The zero-order chi connectivity index (χ0) is 28.8. The molecule has 0 spiro atoms. The van der Waals surface area contributed by atoms with Crippen molar-refractivity contribution in [2.75, 3.05) is 0 Å². The molecule has 0 saturated carbocycles. The largest absolute Gasteiger partial charge is 0.419 e. The van der Waals surface area contributed by atoms with E-state index in [1.807, 2.05) is 12.1 Å². The first kappa shape index (κ1) is 25.1. The average molecular weight is 552 g/mol. The minimum Gasteiger partial charge on any atom is -0.289 e. The quantitative estimate of drug-likeness (QED) is 0.201. The van der Waals surface area contributed by atoms with Gasteiger partial charge in [0.1, 0.15) is 11.6 Å². The molecule has 0 fully saturated rings. The Morgan fingerprint density at radius 2 is 0.878 bits per heavy atom. The highest BCUT2D eigenvalue weighted by molar-refractivity contribution is 6.21. The second-order valence-corrected chi connectivity index (χ2v) is 10.3. The molecule has 0 unspecified atom stereocenters. The van der Waals surface area contributed by atoms with Crippen molar-refractivity contribution >= 4 is 43.1 Å². The first-order chi connectivity index (χ1) is 19.5. The normalized spacial score (nSPS) is 12.3. The molecule has 0 aliphatic rings. The fraction of sp³-hybridized carbons (Fsp3) is 0.0588. The van der Waals surface area contributed by atoms with Gasteiger partial charge < -0.3 is 0 Å². The summed E-state index contributed by atoms with van der Waals surface area (Å²) in [6.45, 7) is 1.67.